The number of nitrogens with zero attached hydrogens (tertiary/aromatic N) is 2. The fourth-order valence-electron chi connectivity index (χ4n) is 1.28. The molecule has 1 aliphatic heterocycles. The van der Waals surface area contributed by atoms with E-state index in [4.69, 9.17) is 5.26 Å². The van der Waals surface area contributed by atoms with E-state index in [1.807, 2.05) is 25.8 Å². The lowest BCUT2D eigenvalue weighted by atomic mass is 10.1. The quantitative estimate of drug-likeness (QED) is 0.550. The fraction of sp³-hybridized carbons (Fsp3) is 0.778. The molecule has 2 atom stereocenters. The molecular weight excluding hydrogens is 152 g/mol. The number of likely N-dealkylation sites (tertiary alicyclic amines) is 1. The first-order valence-electron chi connectivity index (χ1n) is 4.33. The molecule has 1 saturated heterocycles. The summed E-state index contributed by atoms with van der Waals surface area (Å²) in [5.74, 6) is 0.0557. The third kappa shape index (κ3) is 2.63. The summed E-state index contributed by atoms with van der Waals surface area (Å²) in [6.07, 6.45) is 1.62. The molecule has 0 aromatic heterocycles. The van der Waals surface area contributed by atoms with E-state index in [1.54, 1.807) is 0 Å². The van der Waals surface area contributed by atoms with Crippen LogP contribution in [-0.2, 0) is 4.79 Å². The van der Waals surface area contributed by atoms with Gasteiger partial charge < -0.3 is 4.79 Å². The van der Waals surface area contributed by atoms with Crippen LogP contribution in [0.2, 0.25) is 0 Å². The summed E-state index contributed by atoms with van der Waals surface area (Å²) < 4.78 is 0. The highest BCUT2D eigenvalue weighted by Crippen LogP contribution is 2.18. The molecule has 0 aromatic carbocycles. The van der Waals surface area contributed by atoms with Gasteiger partial charge in [-0.1, -0.05) is 13.8 Å². The van der Waals surface area contributed by atoms with Crippen molar-refractivity contribution in [3.8, 4) is 6.07 Å². The number of carbonyl (C=O) groups excluding carboxylic acids is 1. The Hall–Kier alpha value is -0.880. The van der Waals surface area contributed by atoms with Gasteiger partial charge >= 0.3 is 0 Å². The van der Waals surface area contributed by atoms with Crippen molar-refractivity contribution in [1.29, 1.82) is 5.26 Å². The topological polar surface area (TPSA) is 44.1 Å². The number of nitriles is 1. The Morgan fingerprint density at radius 2 is 2.17 bits per heavy atom. The molecule has 3 nitrogen and oxygen atoms in total. The maximum atomic E-state index is 10.3. The van der Waals surface area contributed by atoms with E-state index in [1.165, 1.54) is 0 Å². The van der Waals surface area contributed by atoms with Gasteiger partial charge in [-0.2, -0.15) is 5.26 Å². The van der Waals surface area contributed by atoms with E-state index in [0.717, 1.165) is 12.8 Å². The Morgan fingerprint density at radius 1 is 1.58 bits per heavy atom. The highest BCUT2D eigenvalue weighted by molar-refractivity contribution is 5.58. The van der Waals surface area contributed by atoms with Crippen molar-refractivity contribution < 1.29 is 4.79 Å². The molecule has 1 heterocycles. The van der Waals surface area contributed by atoms with Gasteiger partial charge in [0.25, 0.3) is 0 Å². The minimum Gasteiger partial charge on any atom is -0.302 e. The van der Waals surface area contributed by atoms with Gasteiger partial charge in [0.15, 0.2) is 0 Å². The van der Waals surface area contributed by atoms with Gasteiger partial charge in [0.1, 0.15) is 6.29 Å². The molecular formula is C9H16N2O. The lowest BCUT2D eigenvalue weighted by Gasteiger charge is -2.10. The first kappa shape index (κ1) is 11.1. The normalized spacial score (nSPS) is 28.5. The van der Waals surface area contributed by atoms with Crippen LogP contribution in [0.15, 0.2) is 0 Å². The van der Waals surface area contributed by atoms with Crippen LogP contribution < -0.4 is 0 Å². The van der Waals surface area contributed by atoms with Crippen LogP contribution in [0.3, 0.4) is 0 Å². The van der Waals surface area contributed by atoms with Crippen molar-refractivity contribution in [2.45, 2.75) is 26.3 Å². The molecule has 0 aromatic rings. The highest BCUT2D eigenvalue weighted by atomic mass is 16.1. The molecule has 1 rings (SSSR count). The third-order valence-corrected chi connectivity index (χ3v) is 1.94. The second-order valence-corrected chi connectivity index (χ2v) is 2.70. The monoisotopic (exact) mass is 168 g/mol. The van der Waals surface area contributed by atoms with Crippen molar-refractivity contribution in [2.75, 3.05) is 13.6 Å². The molecule has 0 aliphatic carbocycles. The number of hydrogen-bond acceptors (Lipinski definition) is 3. The van der Waals surface area contributed by atoms with Crippen LogP contribution >= 0.6 is 0 Å². The van der Waals surface area contributed by atoms with Gasteiger partial charge in [0.2, 0.25) is 0 Å². The molecule has 0 amide bonds. The summed E-state index contributed by atoms with van der Waals surface area (Å²) in [6, 6.07) is 2.13. The van der Waals surface area contributed by atoms with Crippen molar-refractivity contribution in [2.24, 2.45) is 5.92 Å². The minimum absolute atomic E-state index is 0.0235. The van der Waals surface area contributed by atoms with E-state index < -0.39 is 0 Å². The molecule has 0 saturated carbocycles. The maximum Gasteiger partial charge on any atom is 0.137 e. The number of rotatable bonds is 1. The third-order valence-electron chi connectivity index (χ3n) is 1.94. The Labute approximate surface area is 74.0 Å². The van der Waals surface area contributed by atoms with E-state index in [0.29, 0.717) is 6.42 Å². The molecule has 68 valence electrons. The Kier molecular flexibility index (Phi) is 5.31. The molecule has 0 spiro atoms. The second-order valence-electron chi connectivity index (χ2n) is 2.70. The Balaban J connectivity index is 0.000000561. The summed E-state index contributed by atoms with van der Waals surface area (Å²) in [4.78, 5) is 12.2. The van der Waals surface area contributed by atoms with E-state index in [2.05, 4.69) is 6.07 Å². The zero-order valence-electron chi connectivity index (χ0n) is 7.95. The second kappa shape index (κ2) is 5.73. The van der Waals surface area contributed by atoms with Crippen LogP contribution in [0.5, 0.6) is 0 Å². The van der Waals surface area contributed by atoms with Crippen molar-refractivity contribution in [1.82, 2.24) is 4.90 Å². The van der Waals surface area contributed by atoms with Crippen LogP contribution in [0, 0.1) is 17.2 Å². The van der Waals surface area contributed by atoms with Gasteiger partial charge in [-0.25, -0.2) is 0 Å². The summed E-state index contributed by atoms with van der Waals surface area (Å²) in [5, 5.41) is 8.50. The van der Waals surface area contributed by atoms with Gasteiger partial charge in [0, 0.05) is 6.54 Å². The lowest BCUT2D eigenvalue weighted by Crippen LogP contribution is -2.25. The fourth-order valence-corrected chi connectivity index (χ4v) is 1.28. The predicted octanol–water partition coefficient (Wildman–Crippen LogP) is 1.06. The van der Waals surface area contributed by atoms with Gasteiger partial charge in [-0.15, -0.1) is 0 Å². The first-order chi connectivity index (χ1) is 5.77. The molecule has 1 aliphatic rings. The van der Waals surface area contributed by atoms with Gasteiger partial charge in [-0.05, 0) is 13.5 Å². The SMILES string of the molecule is CC.CN1CC(C#N)CC1C=O. The highest BCUT2D eigenvalue weighted by Gasteiger charge is 2.28. The predicted molar refractivity (Wildman–Crippen MR) is 47.6 cm³/mol. The summed E-state index contributed by atoms with van der Waals surface area (Å²) in [5.41, 5.74) is 0. The Morgan fingerprint density at radius 3 is 2.42 bits per heavy atom. The van der Waals surface area contributed by atoms with Crippen molar-refractivity contribution >= 4 is 6.29 Å². The zero-order chi connectivity index (χ0) is 9.56. The van der Waals surface area contributed by atoms with Crippen LogP contribution in [0.1, 0.15) is 20.3 Å². The molecule has 12 heavy (non-hydrogen) atoms. The molecule has 0 radical (unpaired) electrons. The first-order valence-corrected chi connectivity index (χ1v) is 4.33. The largest absolute Gasteiger partial charge is 0.302 e. The summed E-state index contributed by atoms with van der Waals surface area (Å²) in [7, 11) is 1.87. The maximum absolute atomic E-state index is 10.3. The molecule has 1 fully saturated rings. The molecule has 2 unspecified atom stereocenters. The smallest absolute Gasteiger partial charge is 0.137 e. The van der Waals surface area contributed by atoms with E-state index in [-0.39, 0.29) is 12.0 Å². The average Bonchev–Trinajstić information content (AvgIpc) is 2.49. The Bertz CT molecular complexity index is 174. The average molecular weight is 168 g/mol. The lowest BCUT2D eigenvalue weighted by molar-refractivity contribution is -0.111. The van der Waals surface area contributed by atoms with E-state index in [9.17, 15) is 4.79 Å². The van der Waals surface area contributed by atoms with Crippen molar-refractivity contribution in [3.63, 3.8) is 0 Å². The summed E-state index contributed by atoms with van der Waals surface area (Å²) in [6.45, 7) is 4.74. The van der Waals surface area contributed by atoms with Gasteiger partial charge in [0.05, 0.1) is 18.0 Å². The van der Waals surface area contributed by atoms with Crippen LogP contribution in [-0.4, -0.2) is 30.8 Å². The number of hydrogen-bond donors (Lipinski definition) is 0. The molecule has 3 heteroatoms. The zero-order valence-corrected chi connectivity index (χ0v) is 7.95. The summed E-state index contributed by atoms with van der Waals surface area (Å²) >= 11 is 0. The minimum atomic E-state index is -0.0235. The molecule has 0 bridgehead atoms. The molecule has 0 N–H and O–H groups in total. The van der Waals surface area contributed by atoms with Crippen LogP contribution in [0.4, 0.5) is 0 Å². The van der Waals surface area contributed by atoms with Crippen molar-refractivity contribution in [3.05, 3.63) is 0 Å². The number of carbonyl (C=O) groups is 1. The number of likely N-dealkylation sites (N-methyl/N-ethyl adjacent to an activating group) is 1. The number of aldehydes is 1. The van der Waals surface area contributed by atoms with E-state index >= 15 is 0 Å². The van der Waals surface area contributed by atoms with Crippen LogP contribution in [0.25, 0.3) is 0 Å². The standard InChI is InChI=1S/C7H10N2O.C2H6/c1-9-4-6(3-8)2-7(9)5-10;1-2/h5-7H,2,4H2,1H3;1-2H3. The van der Waals surface area contributed by atoms with Gasteiger partial charge in [-0.3, -0.25) is 4.90 Å².